The quantitative estimate of drug-likeness (QED) is 0.723. The van der Waals surface area contributed by atoms with Gasteiger partial charge in [0.1, 0.15) is 0 Å². The van der Waals surface area contributed by atoms with Crippen molar-refractivity contribution in [2.45, 2.75) is 66.1 Å². The predicted octanol–water partition coefficient (Wildman–Crippen LogP) is 4.68. The van der Waals surface area contributed by atoms with Gasteiger partial charge in [-0.3, -0.25) is 4.98 Å². The Morgan fingerprint density at radius 1 is 0.923 bits per heavy atom. The molecular formula is C22H32NO2P. The summed E-state index contributed by atoms with van der Waals surface area (Å²) in [7, 11) is 2.70. The van der Waals surface area contributed by atoms with Crippen molar-refractivity contribution in [2.75, 3.05) is 0 Å². The Balaban J connectivity index is 2.96. The van der Waals surface area contributed by atoms with Crippen LogP contribution in [0.1, 0.15) is 82.0 Å². The number of nitrogens with zero attached hydrogens (tertiary/aromatic N) is 1. The Labute approximate surface area is 160 Å². The van der Waals surface area contributed by atoms with Gasteiger partial charge in [-0.25, -0.2) is 0 Å². The molecule has 0 saturated heterocycles. The molecule has 1 aromatic carbocycles. The van der Waals surface area contributed by atoms with Crippen molar-refractivity contribution in [2.24, 2.45) is 5.92 Å². The van der Waals surface area contributed by atoms with Gasteiger partial charge in [0, 0.05) is 22.5 Å². The van der Waals surface area contributed by atoms with Crippen LogP contribution < -0.4 is 5.30 Å². The van der Waals surface area contributed by atoms with E-state index in [0.717, 1.165) is 38.9 Å². The lowest BCUT2D eigenvalue weighted by molar-refractivity contribution is 0.125. The molecule has 0 aliphatic carbocycles. The molecule has 1 heterocycles. The highest BCUT2D eigenvalue weighted by Gasteiger charge is 2.28. The van der Waals surface area contributed by atoms with Gasteiger partial charge in [-0.05, 0) is 34.2 Å². The third kappa shape index (κ3) is 4.17. The van der Waals surface area contributed by atoms with E-state index in [0.29, 0.717) is 0 Å². The molecule has 2 N–H and O–H groups in total. The second-order valence-electron chi connectivity index (χ2n) is 7.93. The molecule has 0 aliphatic heterocycles. The van der Waals surface area contributed by atoms with Crippen molar-refractivity contribution in [3.63, 3.8) is 0 Å². The molecule has 0 radical (unpaired) electrons. The monoisotopic (exact) mass is 373 g/mol. The highest BCUT2D eigenvalue weighted by atomic mass is 31.0. The van der Waals surface area contributed by atoms with Gasteiger partial charge in [0.25, 0.3) is 0 Å². The lowest BCUT2D eigenvalue weighted by atomic mass is 9.83. The van der Waals surface area contributed by atoms with Crippen molar-refractivity contribution in [1.29, 1.82) is 0 Å². The summed E-state index contributed by atoms with van der Waals surface area (Å²) >= 11 is 0. The number of pyridine rings is 1. The topological polar surface area (TPSA) is 53.4 Å². The summed E-state index contributed by atoms with van der Waals surface area (Å²) in [4.78, 5) is 4.93. The van der Waals surface area contributed by atoms with Crippen LogP contribution in [0.25, 0.3) is 11.1 Å². The zero-order valence-corrected chi connectivity index (χ0v) is 17.9. The van der Waals surface area contributed by atoms with Crippen LogP contribution in [0.2, 0.25) is 0 Å². The molecule has 4 heteroatoms. The number of aliphatic hydroxyl groups excluding tert-OH is 2. The minimum absolute atomic E-state index is 0.0606. The van der Waals surface area contributed by atoms with Crippen LogP contribution in [0, 0.1) is 5.92 Å². The van der Waals surface area contributed by atoms with Crippen LogP contribution in [0.5, 0.6) is 0 Å². The zero-order valence-electron chi connectivity index (χ0n) is 16.7. The maximum atomic E-state index is 11.0. The SMILES string of the molecule is CC(C)c1nc(C(C)C)c(C(O)C(C)C)c(-c2ccc(P)cc2)c1CO. The molecule has 0 aliphatic rings. The second kappa shape index (κ2) is 8.61. The maximum absolute atomic E-state index is 11.0. The van der Waals surface area contributed by atoms with Gasteiger partial charge in [0.15, 0.2) is 0 Å². The molecule has 26 heavy (non-hydrogen) atoms. The van der Waals surface area contributed by atoms with Crippen LogP contribution in [0.15, 0.2) is 24.3 Å². The molecule has 2 unspecified atom stereocenters. The normalized spacial score (nSPS) is 13.1. The third-order valence-electron chi connectivity index (χ3n) is 4.78. The zero-order chi connectivity index (χ0) is 19.6. The fourth-order valence-electron chi connectivity index (χ4n) is 3.37. The second-order valence-corrected chi connectivity index (χ2v) is 8.59. The van der Waals surface area contributed by atoms with Crippen LogP contribution >= 0.6 is 9.24 Å². The molecule has 3 nitrogen and oxygen atoms in total. The van der Waals surface area contributed by atoms with E-state index in [1.165, 1.54) is 0 Å². The largest absolute Gasteiger partial charge is 0.392 e. The van der Waals surface area contributed by atoms with Crippen LogP contribution in [0.3, 0.4) is 0 Å². The average Bonchev–Trinajstić information content (AvgIpc) is 2.59. The van der Waals surface area contributed by atoms with Gasteiger partial charge in [-0.1, -0.05) is 65.8 Å². The lowest BCUT2D eigenvalue weighted by Crippen LogP contribution is -2.17. The molecular weight excluding hydrogens is 341 g/mol. The molecule has 142 valence electrons. The van der Waals surface area contributed by atoms with Crippen molar-refractivity contribution < 1.29 is 10.2 Å². The summed E-state index contributed by atoms with van der Waals surface area (Å²) in [6, 6.07) is 8.19. The van der Waals surface area contributed by atoms with Gasteiger partial charge in [-0.15, -0.1) is 9.24 Å². The predicted molar refractivity (Wildman–Crippen MR) is 113 cm³/mol. The van der Waals surface area contributed by atoms with Gasteiger partial charge >= 0.3 is 0 Å². The molecule has 2 atom stereocenters. The summed E-state index contributed by atoms with van der Waals surface area (Å²) in [5.41, 5.74) is 5.50. The lowest BCUT2D eigenvalue weighted by Gasteiger charge is -2.28. The summed E-state index contributed by atoms with van der Waals surface area (Å²) in [6.07, 6.45) is -0.628. The van der Waals surface area contributed by atoms with Crippen LogP contribution in [-0.4, -0.2) is 15.2 Å². The van der Waals surface area contributed by atoms with E-state index in [2.05, 4.69) is 49.1 Å². The van der Waals surface area contributed by atoms with Gasteiger partial charge in [-0.2, -0.15) is 0 Å². The van der Waals surface area contributed by atoms with E-state index >= 15 is 0 Å². The summed E-state index contributed by atoms with van der Waals surface area (Å²) in [5, 5.41) is 22.4. The Kier molecular flexibility index (Phi) is 6.96. The van der Waals surface area contributed by atoms with E-state index in [1.807, 2.05) is 26.0 Å². The highest BCUT2D eigenvalue weighted by molar-refractivity contribution is 7.27. The van der Waals surface area contributed by atoms with Gasteiger partial charge < -0.3 is 10.2 Å². The number of hydrogen-bond donors (Lipinski definition) is 2. The van der Waals surface area contributed by atoms with E-state index in [1.54, 1.807) is 0 Å². The highest BCUT2D eigenvalue weighted by Crippen LogP contribution is 2.41. The Hall–Kier alpha value is -1.28. The van der Waals surface area contributed by atoms with E-state index in [4.69, 9.17) is 4.98 Å². The molecule has 0 spiro atoms. The summed E-state index contributed by atoms with van der Waals surface area (Å²) < 4.78 is 0. The molecule has 2 aromatic rings. The van der Waals surface area contributed by atoms with Crippen molar-refractivity contribution in [3.8, 4) is 11.1 Å². The van der Waals surface area contributed by atoms with Crippen molar-refractivity contribution in [3.05, 3.63) is 46.8 Å². The fourth-order valence-corrected chi connectivity index (χ4v) is 3.56. The Morgan fingerprint density at radius 3 is 1.88 bits per heavy atom. The fraction of sp³-hybridized carbons (Fsp3) is 0.500. The minimum Gasteiger partial charge on any atom is -0.392 e. The third-order valence-corrected chi connectivity index (χ3v) is 5.16. The number of benzene rings is 1. The molecule has 0 fully saturated rings. The Bertz CT molecular complexity index is 752. The van der Waals surface area contributed by atoms with Gasteiger partial charge in [0.05, 0.1) is 12.7 Å². The Morgan fingerprint density at radius 2 is 1.46 bits per heavy atom. The number of aliphatic hydroxyl groups is 2. The first-order chi connectivity index (χ1) is 12.2. The standard InChI is InChI=1S/C22H32NO2P/c1-12(2)20-17(11-24)18(15-7-9-16(26)10-8-15)19(22(25)14(5)6)21(23-20)13(3)4/h7-10,12-14,22,24-25H,11,26H2,1-6H3. The first kappa shape index (κ1) is 21.0. The van der Waals surface area contributed by atoms with E-state index in [9.17, 15) is 10.2 Å². The van der Waals surface area contributed by atoms with E-state index < -0.39 is 6.10 Å². The van der Waals surface area contributed by atoms with Gasteiger partial charge in [0.2, 0.25) is 0 Å². The number of hydrogen-bond acceptors (Lipinski definition) is 3. The van der Waals surface area contributed by atoms with Crippen LogP contribution in [0.4, 0.5) is 0 Å². The smallest absolute Gasteiger partial charge is 0.0836 e. The van der Waals surface area contributed by atoms with Crippen molar-refractivity contribution >= 4 is 14.5 Å². The first-order valence-electron chi connectivity index (χ1n) is 9.40. The molecule has 0 bridgehead atoms. The summed E-state index contributed by atoms with van der Waals surface area (Å²) in [6.45, 7) is 12.3. The molecule has 0 amide bonds. The first-order valence-corrected chi connectivity index (χ1v) is 9.98. The van der Waals surface area contributed by atoms with Crippen molar-refractivity contribution in [1.82, 2.24) is 4.98 Å². The minimum atomic E-state index is -0.628. The summed E-state index contributed by atoms with van der Waals surface area (Å²) in [5.74, 6) is 0.438. The number of rotatable bonds is 6. The molecule has 2 rings (SSSR count). The maximum Gasteiger partial charge on any atom is 0.0836 e. The average molecular weight is 373 g/mol. The van der Waals surface area contributed by atoms with Crippen LogP contribution in [-0.2, 0) is 6.61 Å². The molecule has 1 aromatic heterocycles. The van der Waals surface area contributed by atoms with E-state index in [-0.39, 0.29) is 24.4 Å². The number of aromatic nitrogens is 1. The molecule has 0 saturated carbocycles.